The van der Waals surface area contributed by atoms with Gasteiger partial charge in [0.15, 0.2) is 11.4 Å². The maximum absolute atomic E-state index is 13.9. The molecule has 2 heterocycles. The van der Waals surface area contributed by atoms with E-state index in [0.717, 1.165) is 24.3 Å². The molecule has 0 radical (unpaired) electrons. The molecule has 0 aliphatic carbocycles. The van der Waals surface area contributed by atoms with Crippen LogP contribution in [0.25, 0.3) is 5.69 Å². The number of para-hydroxylation sites is 1. The van der Waals surface area contributed by atoms with Crippen LogP contribution in [0.15, 0.2) is 48.5 Å². The van der Waals surface area contributed by atoms with Gasteiger partial charge in [0.1, 0.15) is 11.6 Å². The molecule has 0 atom stereocenters. The number of hydrogen-bond acceptors (Lipinski definition) is 5. The highest BCUT2D eigenvalue weighted by atomic mass is 19.4. The van der Waals surface area contributed by atoms with Gasteiger partial charge in [0.25, 0.3) is 11.8 Å². The van der Waals surface area contributed by atoms with Crippen LogP contribution in [-0.2, 0) is 6.18 Å². The molecule has 12 heteroatoms. The molecule has 8 nitrogen and oxygen atoms in total. The molecular formula is C23H21F4N5O3. The highest BCUT2D eigenvalue weighted by molar-refractivity contribution is 5.97. The molecule has 184 valence electrons. The first-order chi connectivity index (χ1) is 16.7. The molecule has 3 aromatic rings. The number of carbonyl (C=O) groups is 2. The van der Waals surface area contributed by atoms with Gasteiger partial charge in [-0.1, -0.05) is 17.3 Å². The van der Waals surface area contributed by atoms with Crippen LogP contribution >= 0.6 is 0 Å². The Balaban J connectivity index is 1.56. The van der Waals surface area contributed by atoms with Crippen LogP contribution < -0.4 is 4.74 Å². The minimum Gasteiger partial charge on any atom is -0.496 e. The molecule has 2 aromatic carbocycles. The van der Waals surface area contributed by atoms with Gasteiger partial charge >= 0.3 is 6.18 Å². The Morgan fingerprint density at radius 3 is 2.17 bits per heavy atom. The van der Waals surface area contributed by atoms with Gasteiger partial charge in [0, 0.05) is 26.2 Å². The Morgan fingerprint density at radius 1 is 0.914 bits per heavy atom. The Morgan fingerprint density at radius 2 is 1.54 bits per heavy atom. The lowest BCUT2D eigenvalue weighted by Gasteiger charge is -2.23. The van der Waals surface area contributed by atoms with Crippen LogP contribution in [0, 0.1) is 5.82 Å². The Bertz CT molecular complexity index is 1230. The van der Waals surface area contributed by atoms with Crippen molar-refractivity contribution >= 4 is 11.8 Å². The monoisotopic (exact) mass is 491 g/mol. The summed E-state index contributed by atoms with van der Waals surface area (Å²) in [4.78, 5) is 28.8. The van der Waals surface area contributed by atoms with Crippen molar-refractivity contribution in [1.82, 2.24) is 24.8 Å². The third-order valence-electron chi connectivity index (χ3n) is 5.62. The Hall–Kier alpha value is -3.96. The van der Waals surface area contributed by atoms with Gasteiger partial charge < -0.3 is 14.5 Å². The highest BCUT2D eigenvalue weighted by Crippen LogP contribution is 2.33. The number of carbonyl (C=O) groups excluding carboxylic acids is 2. The smallest absolute Gasteiger partial charge is 0.435 e. The fourth-order valence-corrected chi connectivity index (χ4v) is 3.91. The van der Waals surface area contributed by atoms with Crippen LogP contribution in [0.5, 0.6) is 5.75 Å². The van der Waals surface area contributed by atoms with E-state index < -0.39 is 29.3 Å². The first-order valence-corrected chi connectivity index (χ1v) is 10.7. The van der Waals surface area contributed by atoms with Gasteiger partial charge in [0.2, 0.25) is 0 Å². The largest absolute Gasteiger partial charge is 0.496 e. The average molecular weight is 491 g/mol. The third-order valence-corrected chi connectivity index (χ3v) is 5.62. The predicted molar refractivity (Wildman–Crippen MR) is 116 cm³/mol. The van der Waals surface area contributed by atoms with Gasteiger partial charge in [0.05, 0.1) is 18.4 Å². The second-order valence-electron chi connectivity index (χ2n) is 7.81. The second-order valence-corrected chi connectivity index (χ2v) is 7.81. The molecule has 0 spiro atoms. The zero-order valence-electron chi connectivity index (χ0n) is 18.6. The summed E-state index contributed by atoms with van der Waals surface area (Å²) in [7, 11) is 1.45. The minimum atomic E-state index is -4.94. The minimum absolute atomic E-state index is 0.0143. The van der Waals surface area contributed by atoms with Crippen molar-refractivity contribution in [3.05, 3.63) is 71.3 Å². The van der Waals surface area contributed by atoms with Gasteiger partial charge in [-0.05, 0) is 42.8 Å². The topological polar surface area (TPSA) is 80.6 Å². The molecule has 0 bridgehead atoms. The number of benzene rings is 2. The summed E-state index contributed by atoms with van der Waals surface area (Å²) in [6, 6.07) is 10.9. The van der Waals surface area contributed by atoms with Crippen molar-refractivity contribution in [3.8, 4) is 11.4 Å². The van der Waals surface area contributed by atoms with Crippen LogP contribution in [-0.4, -0.2) is 69.9 Å². The molecule has 1 saturated heterocycles. The summed E-state index contributed by atoms with van der Waals surface area (Å²) in [5, 5.41) is 7.04. The SMILES string of the molecule is COc1ccccc1C(=O)N1CCCN(C(=O)c2nnn(-c3ccc(F)cc3)c2C(F)(F)F)CC1. The summed E-state index contributed by atoms with van der Waals surface area (Å²) in [6.45, 7) is 0.584. The quantitative estimate of drug-likeness (QED) is 0.523. The molecule has 1 aromatic heterocycles. The molecule has 1 fully saturated rings. The first-order valence-electron chi connectivity index (χ1n) is 10.7. The molecule has 0 N–H and O–H groups in total. The number of alkyl halides is 3. The maximum atomic E-state index is 13.9. The first kappa shape index (κ1) is 24.2. The summed E-state index contributed by atoms with van der Waals surface area (Å²) < 4.78 is 60.7. The van der Waals surface area contributed by atoms with Crippen LogP contribution in [0.3, 0.4) is 0 Å². The van der Waals surface area contributed by atoms with Crippen molar-refractivity contribution in [3.63, 3.8) is 0 Å². The van der Waals surface area contributed by atoms with E-state index >= 15 is 0 Å². The molecule has 2 amide bonds. The van der Waals surface area contributed by atoms with Crippen molar-refractivity contribution in [2.75, 3.05) is 33.3 Å². The zero-order chi connectivity index (χ0) is 25.2. The van der Waals surface area contributed by atoms with Crippen molar-refractivity contribution in [2.45, 2.75) is 12.6 Å². The standard InChI is InChI=1S/C23H21F4N5O3/c1-35-18-6-3-2-5-17(18)21(33)30-11-4-12-31(14-13-30)22(34)19-20(23(25,26)27)32(29-28-19)16-9-7-15(24)8-10-16/h2-3,5-10H,4,11-14H2,1H3. The van der Waals surface area contributed by atoms with E-state index in [-0.39, 0.29) is 31.2 Å². The summed E-state index contributed by atoms with van der Waals surface area (Å²) in [6.07, 6.45) is -4.58. The zero-order valence-corrected chi connectivity index (χ0v) is 18.6. The van der Waals surface area contributed by atoms with E-state index in [4.69, 9.17) is 4.74 Å². The van der Waals surface area contributed by atoms with Crippen LogP contribution in [0.1, 0.15) is 33.0 Å². The number of amides is 2. The van der Waals surface area contributed by atoms with Crippen molar-refractivity contribution in [2.24, 2.45) is 0 Å². The van der Waals surface area contributed by atoms with Crippen LogP contribution in [0.2, 0.25) is 0 Å². The van der Waals surface area contributed by atoms with E-state index in [0.29, 0.717) is 29.0 Å². The number of aromatic nitrogens is 3. The lowest BCUT2D eigenvalue weighted by molar-refractivity contribution is -0.143. The van der Waals surface area contributed by atoms with Crippen LogP contribution in [0.4, 0.5) is 17.6 Å². The lowest BCUT2D eigenvalue weighted by atomic mass is 10.1. The molecule has 1 aliphatic heterocycles. The Kier molecular flexibility index (Phi) is 6.72. The summed E-state index contributed by atoms with van der Waals surface area (Å²) >= 11 is 0. The molecule has 1 aliphatic rings. The number of rotatable bonds is 4. The molecule has 0 unspecified atom stereocenters. The van der Waals surface area contributed by atoms with E-state index in [1.807, 2.05) is 0 Å². The normalized spacial score (nSPS) is 14.5. The number of nitrogens with zero attached hydrogens (tertiary/aromatic N) is 5. The fraction of sp³-hybridized carbons (Fsp3) is 0.304. The molecular weight excluding hydrogens is 470 g/mol. The van der Waals surface area contributed by atoms with E-state index in [1.54, 1.807) is 24.3 Å². The predicted octanol–water partition coefficient (Wildman–Crippen LogP) is 3.42. The molecule has 35 heavy (non-hydrogen) atoms. The second kappa shape index (κ2) is 9.72. The number of ether oxygens (including phenoxy) is 1. The lowest BCUT2D eigenvalue weighted by Crippen LogP contribution is -2.38. The van der Waals surface area contributed by atoms with Crippen molar-refractivity contribution < 1.29 is 31.9 Å². The van der Waals surface area contributed by atoms with Crippen molar-refractivity contribution in [1.29, 1.82) is 0 Å². The van der Waals surface area contributed by atoms with Gasteiger partial charge in [-0.15, -0.1) is 5.10 Å². The van der Waals surface area contributed by atoms with Gasteiger partial charge in [-0.3, -0.25) is 9.59 Å². The number of hydrogen-bond donors (Lipinski definition) is 0. The van der Waals surface area contributed by atoms with E-state index in [2.05, 4.69) is 10.3 Å². The van der Waals surface area contributed by atoms with E-state index in [9.17, 15) is 27.2 Å². The number of halogens is 4. The molecule has 4 rings (SSSR count). The van der Waals surface area contributed by atoms with Gasteiger partial charge in [-0.2, -0.15) is 13.2 Å². The Labute approximate surface area is 197 Å². The van der Waals surface area contributed by atoms with Gasteiger partial charge in [-0.25, -0.2) is 9.07 Å². The van der Waals surface area contributed by atoms with E-state index in [1.165, 1.54) is 16.9 Å². The number of methoxy groups -OCH3 is 1. The maximum Gasteiger partial charge on any atom is 0.435 e. The third kappa shape index (κ3) is 4.96. The summed E-state index contributed by atoms with van der Waals surface area (Å²) in [5.41, 5.74) is -1.93. The average Bonchev–Trinajstić information content (AvgIpc) is 3.16. The summed E-state index contributed by atoms with van der Waals surface area (Å²) in [5.74, 6) is -1.47. The fourth-order valence-electron chi connectivity index (χ4n) is 3.91. The highest BCUT2D eigenvalue weighted by Gasteiger charge is 2.43. The molecule has 0 saturated carbocycles.